The molecule has 136 valence electrons. The van der Waals surface area contributed by atoms with Crippen molar-refractivity contribution >= 4 is 5.65 Å². The van der Waals surface area contributed by atoms with E-state index in [0.717, 1.165) is 4.52 Å². The highest BCUT2D eigenvalue weighted by atomic mass is 19.4. The van der Waals surface area contributed by atoms with E-state index >= 15 is 0 Å². The van der Waals surface area contributed by atoms with Gasteiger partial charge in [0, 0.05) is 23.7 Å². The summed E-state index contributed by atoms with van der Waals surface area (Å²) in [6.45, 7) is 1.64. The Morgan fingerprint density at radius 1 is 1.00 bits per heavy atom. The molecule has 4 aromatic rings. The number of H-pyrrole nitrogens is 1. The summed E-state index contributed by atoms with van der Waals surface area (Å²) in [7, 11) is 0. The number of fused-ring (bicyclic) bond motifs is 1. The highest BCUT2D eigenvalue weighted by Gasteiger charge is 2.39. The first-order valence-corrected chi connectivity index (χ1v) is 8.06. The van der Waals surface area contributed by atoms with Crippen molar-refractivity contribution in [2.75, 3.05) is 0 Å². The molecule has 5 nitrogen and oxygen atoms in total. The van der Waals surface area contributed by atoms with Gasteiger partial charge in [0.15, 0.2) is 5.69 Å². The zero-order valence-corrected chi connectivity index (χ0v) is 14.1. The molecule has 0 spiro atoms. The molecule has 0 atom stereocenters. The molecule has 0 saturated carbocycles. The molecule has 0 radical (unpaired) electrons. The van der Waals surface area contributed by atoms with Gasteiger partial charge in [0.05, 0.1) is 11.1 Å². The molecule has 0 bridgehead atoms. The quantitative estimate of drug-likeness (QED) is 0.578. The van der Waals surface area contributed by atoms with Crippen LogP contribution in [0.1, 0.15) is 11.4 Å². The largest absolute Gasteiger partial charge is 0.435 e. The molecule has 0 unspecified atom stereocenters. The summed E-state index contributed by atoms with van der Waals surface area (Å²) in [4.78, 5) is 19.9. The number of pyridine rings is 1. The van der Waals surface area contributed by atoms with E-state index in [0.29, 0.717) is 16.8 Å². The molecule has 0 fully saturated rings. The number of nitrogens with zero attached hydrogens (tertiary/aromatic N) is 3. The third-order valence-electron chi connectivity index (χ3n) is 4.25. The van der Waals surface area contributed by atoms with Gasteiger partial charge in [-0.2, -0.15) is 22.8 Å². The van der Waals surface area contributed by atoms with Crippen molar-refractivity contribution in [3.05, 3.63) is 76.6 Å². The molecule has 0 aliphatic rings. The first-order chi connectivity index (χ1) is 12.9. The van der Waals surface area contributed by atoms with Crippen molar-refractivity contribution in [1.82, 2.24) is 19.6 Å². The van der Waals surface area contributed by atoms with Crippen LogP contribution in [0.5, 0.6) is 0 Å². The third kappa shape index (κ3) is 2.79. The van der Waals surface area contributed by atoms with Gasteiger partial charge in [-0.05, 0) is 18.6 Å². The third-order valence-corrected chi connectivity index (χ3v) is 4.25. The number of aromatic nitrogens is 4. The zero-order chi connectivity index (χ0) is 19.2. The normalized spacial score (nSPS) is 11.9. The minimum absolute atomic E-state index is 0.00339. The van der Waals surface area contributed by atoms with Gasteiger partial charge in [-0.25, -0.2) is 0 Å². The van der Waals surface area contributed by atoms with E-state index < -0.39 is 17.4 Å². The Kier molecular flexibility index (Phi) is 3.83. The predicted octanol–water partition coefficient (Wildman–Crippen LogP) is 4.08. The zero-order valence-electron chi connectivity index (χ0n) is 14.1. The van der Waals surface area contributed by atoms with Gasteiger partial charge in [0.1, 0.15) is 5.65 Å². The summed E-state index contributed by atoms with van der Waals surface area (Å²) in [6, 6.07) is 11.4. The van der Waals surface area contributed by atoms with Gasteiger partial charge in [0.2, 0.25) is 0 Å². The highest BCUT2D eigenvalue weighted by molar-refractivity contribution is 5.81. The fourth-order valence-corrected chi connectivity index (χ4v) is 3.11. The van der Waals surface area contributed by atoms with Crippen LogP contribution in [0, 0.1) is 6.92 Å². The van der Waals surface area contributed by atoms with Crippen LogP contribution in [-0.4, -0.2) is 19.6 Å². The van der Waals surface area contributed by atoms with Crippen LogP contribution in [0.3, 0.4) is 0 Å². The average molecular weight is 370 g/mol. The maximum Gasteiger partial charge on any atom is 0.435 e. The smallest absolute Gasteiger partial charge is 0.343 e. The van der Waals surface area contributed by atoms with Gasteiger partial charge < -0.3 is 4.98 Å². The van der Waals surface area contributed by atoms with E-state index in [4.69, 9.17) is 0 Å². The Balaban J connectivity index is 2.11. The number of rotatable bonds is 2. The van der Waals surface area contributed by atoms with E-state index in [1.807, 2.05) is 0 Å². The van der Waals surface area contributed by atoms with E-state index in [9.17, 15) is 18.0 Å². The number of hydrogen-bond donors (Lipinski definition) is 1. The summed E-state index contributed by atoms with van der Waals surface area (Å²) < 4.78 is 41.7. The van der Waals surface area contributed by atoms with E-state index in [1.165, 1.54) is 6.20 Å². The van der Waals surface area contributed by atoms with Crippen molar-refractivity contribution < 1.29 is 13.2 Å². The van der Waals surface area contributed by atoms with E-state index in [2.05, 4.69) is 15.1 Å². The van der Waals surface area contributed by atoms with Crippen LogP contribution in [0.15, 0.2) is 59.7 Å². The topological polar surface area (TPSA) is 63.1 Å². The van der Waals surface area contributed by atoms with Gasteiger partial charge >= 0.3 is 6.18 Å². The van der Waals surface area contributed by atoms with Crippen molar-refractivity contribution in [2.45, 2.75) is 13.1 Å². The molecular formula is C19H13F3N4O. The second-order valence-electron chi connectivity index (χ2n) is 6.02. The van der Waals surface area contributed by atoms with Crippen LogP contribution in [0.4, 0.5) is 13.2 Å². The average Bonchev–Trinajstić information content (AvgIpc) is 3.03. The minimum atomic E-state index is -4.71. The number of hydrogen-bond acceptors (Lipinski definition) is 3. The Hall–Kier alpha value is -3.42. The Bertz CT molecular complexity index is 1180. The summed E-state index contributed by atoms with van der Waals surface area (Å²) in [6.07, 6.45) is -1.68. The molecular weight excluding hydrogens is 357 g/mol. The number of aryl methyl sites for hydroxylation is 1. The molecule has 0 saturated heterocycles. The molecule has 0 aliphatic carbocycles. The van der Waals surface area contributed by atoms with Gasteiger partial charge in [-0.1, -0.05) is 36.4 Å². The Morgan fingerprint density at radius 2 is 1.70 bits per heavy atom. The van der Waals surface area contributed by atoms with E-state index in [-0.39, 0.29) is 16.8 Å². The lowest BCUT2D eigenvalue weighted by atomic mass is 10.0. The predicted molar refractivity (Wildman–Crippen MR) is 94.2 cm³/mol. The van der Waals surface area contributed by atoms with Gasteiger partial charge in [-0.15, -0.1) is 0 Å². The monoisotopic (exact) mass is 370 g/mol. The fourth-order valence-electron chi connectivity index (χ4n) is 3.11. The molecule has 1 N–H and O–H groups in total. The summed E-state index contributed by atoms with van der Waals surface area (Å²) in [5.74, 6) is 0. The second-order valence-corrected chi connectivity index (χ2v) is 6.02. The maximum absolute atomic E-state index is 13.6. The Labute approximate surface area is 151 Å². The number of halogens is 3. The van der Waals surface area contributed by atoms with Gasteiger partial charge in [-0.3, -0.25) is 9.78 Å². The maximum atomic E-state index is 13.6. The van der Waals surface area contributed by atoms with Crippen molar-refractivity contribution in [2.24, 2.45) is 0 Å². The van der Waals surface area contributed by atoms with Crippen LogP contribution in [0.25, 0.3) is 27.9 Å². The lowest BCUT2D eigenvalue weighted by Gasteiger charge is -2.08. The van der Waals surface area contributed by atoms with Crippen molar-refractivity contribution in [3.8, 4) is 22.3 Å². The molecule has 1 aromatic carbocycles. The fraction of sp³-hybridized carbons (Fsp3) is 0.105. The second kappa shape index (κ2) is 6.08. The standard InChI is InChI=1S/C19H13F3N4O/c1-11-14(13-8-5-9-23-10-13)18(27)26-17(24-11)15(12-6-3-2-4-7-12)16(25-26)19(20,21)22/h2-10,24H,1H3. The lowest BCUT2D eigenvalue weighted by molar-refractivity contribution is -0.140. The molecule has 3 heterocycles. The lowest BCUT2D eigenvalue weighted by Crippen LogP contribution is -2.19. The van der Waals surface area contributed by atoms with Crippen molar-refractivity contribution in [1.29, 1.82) is 0 Å². The molecule has 0 aliphatic heterocycles. The molecule has 4 rings (SSSR count). The number of aromatic amines is 1. The van der Waals surface area contributed by atoms with Gasteiger partial charge in [0.25, 0.3) is 5.56 Å². The van der Waals surface area contributed by atoms with Crippen LogP contribution >= 0.6 is 0 Å². The molecule has 0 amide bonds. The highest BCUT2D eigenvalue weighted by Crippen LogP contribution is 2.38. The molecule has 3 aromatic heterocycles. The summed E-state index contributed by atoms with van der Waals surface area (Å²) >= 11 is 0. The van der Waals surface area contributed by atoms with Crippen LogP contribution < -0.4 is 5.56 Å². The van der Waals surface area contributed by atoms with E-state index in [1.54, 1.807) is 55.6 Å². The first kappa shape index (κ1) is 17.0. The first-order valence-electron chi connectivity index (χ1n) is 8.06. The molecule has 27 heavy (non-hydrogen) atoms. The Morgan fingerprint density at radius 3 is 2.33 bits per heavy atom. The minimum Gasteiger partial charge on any atom is -0.343 e. The summed E-state index contributed by atoms with van der Waals surface area (Å²) in [5, 5.41) is 3.61. The number of alkyl halides is 3. The van der Waals surface area contributed by atoms with Crippen molar-refractivity contribution in [3.63, 3.8) is 0 Å². The summed E-state index contributed by atoms with van der Waals surface area (Å²) in [5.41, 5.74) is -0.401. The SMILES string of the molecule is Cc1[nH]c2c(-c3ccccc3)c(C(F)(F)F)nn2c(=O)c1-c1cccnc1. The number of benzene rings is 1. The van der Waals surface area contributed by atoms with Crippen LogP contribution in [-0.2, 0) is 6.18 Å². The number of nitrogens with one attached hydrogen (secondary N) is 1. The van der Waals surface area contributed by atoms with Crippen LogP contribution in [0.2, 0.25) is 0 Å². The molecule has 8 heteroatoms.